The molecule has 2 N–H and O–H groups in total. The van der Waals surface area contributed by atoms with Gasteiger partial charge < -0.3 is 0 Å². The monoisotopic (exact) mass is 318 g/mol. The van der Waals surface area contributed by atoms with Crippen molar-refractivity contribution >= 4 is 23.0 Å². The number of hydrazone groups is 1. The summed E-state index contributed by atoms with van der Waals surface area (Å²) >= 11 is 5.88. The lowest BCUT2D eigenvalue weighted by molar-refractivity contribution is 0.647. The van der Waals surface area contributed by atoms with Crippen LogP contribution in [0.15, 0.2) is 40.4 Å². The second-order valence-corrected chi connectivity index (χ2v) is 5.91. The summed E-state index contributed by atoms with van der Waals surface area (Å²) in [6.07, 6.45) is 2.48. The van der Waals surface area contributed by atoms with Crippen LogP contribution >= 0.6 is 11.6 Å². The summed E-state index contributed by atoms with van der Waals surface area (Å²) in [7, 11) is 0. The lowest BCUT2D eigenvalue weighted by Gasteiger charge is -2.07. The fraction of sp³-hybridized carbons (Fsp3) is 0.312. The number of nitrogens with zero attached hydrogens (tertiary/aromatic N) is 2. The van der Waals surface area contributed by atoms with Crippen LogP contribution in [0.4, 0.5) is 5.69 Å². The van der Waals surface area contributed by atoms with E-state index in [1.54, 1.807) is 0 Å². The van der Waals surface area contributed by atoms with Crippen LogP contribution in [0.3, 0.4) is 0 Å². The second kappa shape index (κ2) is 7.22. The topological polar surface area (TPSA) is 70.1 Å². The first-order valence-electron chi connectivity index (χ1n) is 7.10. The third-order valence-electron chi connectivity index (χ3n) is 3.16. The first-order valence-corrected chi connectivity index (χ1v) is 7.48. The van der Waals surface area contributed by atoms with Crippen LogP contribution in [-0.2, 0) is 6.42 Å². The van der Waals surface area contributed by atoms with Gasteiger partial charge in [-0.1, -0.05) is 49.7 Å². The lowest BCUT2D eigenvalue weighted by atomic mass is 10.0. The van der Waals surface area contributed by atoms with Crippen LogP contribution in [0.2, 0.25) is 5.02 Å². The number of benzene rings is 1. The molecule has 22 heavy (non-hydrogen) atoms. The van der Waals surface area contributed by atoms with E-state index < -0.39 is 5.56 Å². The van der Waals surface area contributed by atoms with Crippen molar-refractivity contribution in [2.45, 2.75) is 27.2 Å². The predicted octanol–water partition coefficient (Wildman–Crippen LogP) is 3.46. The molecule has 0 radical (unpaired) electrons. The fourth-order valence-corrected chi connectivity index (χ4v) is 2.16. The largest absolute Gasteiger partial charge is 0.285 e. The summed E-state index contributed by atoms with van der Waals surface area (Å²) in [6.45, 7) is 6.28. The number of hydrogen-bond acceptors (Lipinski definition) is 4. The second-order valence-electron chi connectivity index (χ2n) is 5.53. The Labute approximate surface area is 134 Å². The van der Waals surface area contributed by atoms with Crippen LogP contribution in [0.1, 0.15) is 31.9 Å². The first kappa shape index (κ1) is 16.2. The molecule has 0 spiro atoms. The van der Waals surface area contributed by atoms with Crippen LogP contribution in [-0.4, -0.2) is 15.9 Å². The highest BCUT2D eigenvalue weighted by Gasteiger charge is 2.04. The van der Waals surface area contributed by atoms with E-state index in [-0.39, 0.29) is 5.02 Å². The minimum absolute atomic E-state index is 0.0406. The molecule has 2 aromatic rings. The molecular weight excluding hydrogens is 300 g/mol. The zero-order valence-electron chi connectivity index (χ0n) is 12.9. The zero-order chi connectivity index (χ0) is 16.1. The highest BCUT2D eigenvalue weighted by molar-refractivity contribution is 6.32. The molecule has 0 aliphatic rings. The molecule has 0 aliphatic carbocycles. The van der Waals surface area contributed by atoms with Gasteiger partial charge >= 0.3 is 0 Å². The van der Waals surface area contributed by atoms with Crippen LogP contribution in [0.25, 0.3) is 0 Å². The maximum Gasteiger partial charge on any atom is 0.285 e. The number of hydrogen-bond donors (Lipinski definition) is 2. The lowest BCUT2D eigenvalue weighted by Crippen LogP contribution is -2.10. The van der Waals surface area contributed by atoms with Crippen LogP contribution in [0, 0.1) is 5.92 Å². The number of H-pyrrole nitrogens is 1. The molecule has 5 nitrogen and oxygen atoms in total. The number of halogens is 1. The minimum Gasteiger partial charge on any atom is -0.275 e. The normalized spacial score (nSPS) is 11.8. The van der Waals surface area contributed by atoms with Crippen molar-refractivity contribution in [1.82, 2.24) is 10.2 Å². The van der Waals surface area contributed by atoms with Crippen molar-refractivity contribution in [3.8, 4) is 0 Å². The highest BCUT2D eigenvalue weighted by atomic mass is 35.5. The third kappa shape index (κ3) is 4.18. The molecule has 0 amide bonds. The minimum atomic E-state index is -0.447. The van der Waals surface area contributed by atoms with Crippen molar-refractivity contribution in [3.05, 3.63) is 57.0 Å². The molecule has 0 saturated heterocycles. The number of rotatable bonds is 5. The van der Waals surface area contributed by atoms with E-state index in [0.717, 1.165) is 17.7 Å². The summed E-state index contributed by atoms with van der Waals surface area (Å²) in [5, 5.41) is 10.2. The number of anilines is 1. The Morgan fingerprint density at radius 1 is 1.36 bits per heavy atom. The van der Waals surface area contributed by atoms with E-state index in [4.69, 9.17) is 11.6 Å². The van der Waals surface area contributed by atoms with Gasteiger partial charge in [-0.15, -0.1) is 0 Å². The first-order chi connectivity index (χ1) is 10.5. The fourth-order valence-electron chi connectivity index (χ4n) is 2.02. The molecule has 1 heterocycles. The number of nitrogens with one attached hydrogen (secondary N) is 2. The van der Waals surface area contributed by atoms with E-state index in [9.17, 15) is 4.79 Å². The average Bonchev–Trinajstić information content (AvgIpc) is 2.48. The van der Waals surface area contributed by atoms with Gasteiger partial charge in [0.2, 0.25) is 0 Å². The van der Waals surface area contributed by atoms with Crippen LogP contribution < -0.4 is 11.0 Å². The van der Waals surface area contributed by atoms with E-state index in [1.165, 1.54) is 11.8 Å². The summed E-state index contributed by atoms with van der Waals surface area (Å²) in [5.41, 5.74) is 5.82. The predicted molar refractivity (Wildman–Crippen MR) is 90.7 cm³/mol. The van der Waals surface area contributed by atoms with Crippen molar-refractivity contribution in [1.29, 1.82) is 0 Å². The van der Waals surface area contributed by atoms with Crippen molar-refractivity contribution < 1.29 is 0 Å². The molecular formula is C16H19ClN4O. The van der Waals surface area contributed by atoms with E-state index in [1.807, 2.05) is 19.1 Å². The maximum atomic E-state index is 11.3. The van der Waals surface area contributed by atoms with Crippen molar-refractivity contribution in [3.63, 3.8) is 0 Å². The molecule has 0 aliphatic heterocycles. The summed E-state index contributed by atoms with van der Waals surface area (Å²) in [5.74, 6) is 0.632. The van der Waals surface area contributed by atoms with Gasteiger partial charge in [0.15, 0.2) is 0 Å². The molecule has 1 aromatic heterocycles. The Hall–Kier alpha value is -2.14. The van der Waals surface area contributed by atoms with E-state index in [0.29, 0.717) is 11.6 Å². The molecule has 6 heteroatoms. The Morgan fingerprint density at radius 2 is 2.05 bits per heavy atom. The zero-order valence-corrected chi connectivity index (χ0v) is 13.6. The molecule has 2 rings (SSSR count). The van der Waals surface area contributed by atoms with Crippen molar-refractivity contribution in [2.75, 3.05) is 5.43 Å². The number of aromatic amines is 1. The van der Waals surface area contributed by atoms with Gasteiger partial charge in [0.05, 0.1) is 11.9 Å². The molecule has 116 valence electrons. The molecule has 0 bridgehead atoms. The smallest absolute Gasteiger partial charge is 0.275 e. The van der Waals surface area contributed by atoms with Gasteiger partial charge in [-0.2, -0.15) is 10.2 Å². The van der Waals surface area contributed by atoms with Gasteiger partial charge in [-0.3, -0.25) is 10.2 Å². The third-order valence-corrected chi connectivity index (χ3v) is 3.53. The number of aromatic nitrogens is 2. The van der Waals surface area contributed by atoms with Crippen molar-refractivity contribution in [2.24, 2.45) is 11.0 Å². The Bertz CT molecular complexity index is 720. The molecule has 0 unspecified atom stereocenters. The molecule has 0 atom stereocenters. The van der Waals surface area contributed by atoms with Crippen LogP contribution in [0.5, 0.6) is 0 Å². The standard InChI is InChI=1S/C16H19ClN4O/c1-10(2)8-12-4-6-13(7-5-12)11(3)19-20-14-9-18-21-16(22)15(14)17/h4-7,9-10H,8H2,1-3H3,(H2,20,21,22)/b19-11-. The van der Waals surface area contributed by atoms with Gasteiger partial charge in [-0.05, 0) is 30.4 Å². The van der Waals surface area contributed by atoms with Gasteiger partial charge in [0.25, 0.3) is 5.56 Å². The quantitative estimate of drug-likeness (QED) is 0.655. The molecule has 0 fully saturated rings. The molecule has 0 saturated carbocycles. The molecule has 1 aromatic carbocycles. The summed E-state index contributed by atoms with van der Waals surface area (Å²) in [6, 6.07) is 8.29. The average molecular weight is 319 g/mol. The Kier molecular flexibility index (Phi) is 5.33. The summed E-state index contributed by atoms with van der Waals surface area (Å²) < 4.78 is 0. The SMILES string of the molecule is C/C(=N/Nc1cn[nH]c(=O)c1Cl)c1ccc(CC(C)C)cc1. The Morgan fingerprint density at radius 3 is 2.68 bits per heavy atom. The van der Waals surface area contributed by atoms with Gasteiger partial charge in [-0.25, -0.2) is 5.10 Å². The van der Waals surface area contributed by atoms with Gasteiger partial charge in [0.1, 0.15) is 10.7 Å². The Balaban J connectivity index is 2.12. The highest BCUT2D eigenvalue weighted by Crippen LogP contribution is 2.15. The maximum absolute atomic E-state index is 11.3. The van der Waals surface area contributed by atoms with E-state index >= 15 is 0 Å². The van der Waals surface area contributed by atoms with Gasteiger partial charge in [0, 0.05) is 0 Å². The van der Waals surface area contributed by atoms with E-state index in [2.05, 4.69) is 46.7 Å². The summed E-state index contributed by atoms with van der Waals surface area (Å²) in [4.78, 5) is 11.3.